The van der Waals surface area contributed by atoms with Gasteiger partial charge in [-0.3, -0.25) is 9.48 Å². The van der Waals surface area contributed by atoms with Crippen molar-refractivity contribution in [2.24, 2.45) is 17.0 Å². The van der Waals surface area contributed by atoms with Gasteiger partial charge in [0.25, 0.3) is 5.91 Å². The standard InChI is InChI=1S/C24H30ClF5N4O4S/c1-3-34-21(17-9-6-15(10-13(2)24(28,29)30)11-18(17)38-23(26)27)19(25)20(33-34)22(35)32-12-14-4-7-16(8-5-14)39(31,36)37/h6,9,11,13-14,16,23H,3-5,7-8,10,12H2,1-2H3,(H,32,35)(H2,31,36,37)/t13-,14?,16?/m1/s1. The number of benzene rings is 1. The first-order valence-electron chi connectivity index (χ1n) is 12.3. The van der Waals surface area contributed by atoms with E-state index in [1.54, 1.807) is 6.92 Å². The van der Waals surface area contributed by atoms with E-state index >= 15 is 0 Å². The van der Waals surface area contributed by atoms with Crippen LogP contribution < -0.4 is 15.2 Å². The van der Waals surface area contributed by atoms with Crippen LogP contribution in [-0.2, 0) is 23.0 Å². The van der Waals surface area contributed by atoms with Crippen LogP contribution in [0.5, 0.6) is 5.75 Å². The van der Waals surface area contributed by atoms with Gasteiger partial charge in [0.05, 0.1) is 21.9 Å². The highest BCUT2D eigenvalue weighted by atomic mass is 35.5. The number of ether oxygens (including phenoxy) is 1. The lowest BCUT2D eigenvalue weighted by Crippen LogP contribution is -2.36. The molecule has 2 aromatic rings. The van der Waals surface area contributed by atoms with E-state index in [1.807, 2.05) is 0 Å². The summed E-state index contributed by atoms with van der Waals surface area (Å²) in [5.74, 6) is -2.70. The normalized spacial score (nSPS) is 19.2. The summed E-state index contributed by atoms with van der Waals surface area (Å²) < 4.78 is 94.5. The second-order valence-electron chi connectivity index (χ2n) is 9.62. The molecule has 3 rings (SSSR count). The Balaban J connectivity index is 1.83. The molecular weight excluding hydrogens is 571 g/mol. The summed E-state index contributed by atoms with van der Waals surface area (Å²) in [5.41, 5.74) is 0.111. The summed E-state index contributed by atoms with van der Waals surface area (Å²) in [5, 5.41) is 11.4. The molecule has 15 heteroatoms. The molecule has 1 heterocycles. The Morgan fingerprint density at radius 2 is 1.90 bits per heavy atom. The number of halogens is 6. The van der Waals surface area contributed by atoms with Gasteiger partial charge in [-0.15, -0.1) is 0 Å². The second kappa shape index (κ2) is 12.4. The highest BCUT2D eigenvalue weighted by Crippen LogP contribution is 2.39. The summed E-state index contributed by atoms with van der Waals surface area (Å²) in [7, 11) is -3.61. The zero-order valence-electron chi connectivity index (χ0n) is 21.3. The number of hydrogen-bond donors (Lipinski definition) is 2. The number of nitrogens with one attached hydrogen (secondary N) is 1. The van der Waals surface area contributed by atoms with E-state index in [-0.39, 0.29) is 46.5 Å². The minimum absolute atomic E-state index is 0.0242. The van der Waals surface area contributed by atoms with E-state index in [9.17, 15) is 35.2 Å². The first-order valence-corrected chi connectivity index (χ1v) is 14.3. The van der Waals surface area contributed by atoms with E-state index in [0.717, 1.165) is 13.0 Å². The van der Waals surface area contributed by atoms with Gasteiger partial charge >= 0.3 is 12.8 Å². The third-order valence-corrected chi connectivity index (χ3v) is 8.60. The predicted molar refractivity (Wildman–Crippen MR) is 135 cm³/mol. The van der Waals surface area contributed by atoms with Crippen molar-refractivity contribution in [1.29, 1.82) is 0 Å². The second-order valence-corrected chi connectivity index (χ2v) is 11.8. The van der Waals surface area contributed by atoms with Crippen LogP contribution >= 0.6 is 11.6 Å². The Kier molecular flexibility index (Phi) is 9.87. The molecule has 0 aliphatic heterocycles. The van der Waals surface area contributed by atoms with Crippen molar-refractivity contribution in [3.63, 3.8) is 0 Å². The lowest BCUT2D eigenvalue weighted by molar-refractivity contribution is -0.169. The summed E-state index contributed by atoms with van der Waals surface area (Å²) in [6.07, 6.45) is -3.03. The largest absolute Gasteiger partial charge is 0.434 e. The number of carbonyl (C=O) groups excluding carboxylic acids is 1. The molecule has 0 unspecified atom stereocenters. The average Bonchev–Trinajstić information content (AvgIpc) is 3.17. The summed E-state index contributed by atoms with van der Waals surface area (Å²) in [6, 6.07) is 3.78. The Morgan fingerprint density at radius 1 is 1.26 bits per heavy atom. The Bertz CT molecular complexity index is 1280. The molecule has 1 aromatic heterocycles. The van der Waals surface area contributed by atoms with Crippen molar-refractivity contribution in [3.8, 4) is 17.0 Å². The molecule has 1 saturated carbocycles. The number of nitrogens with zero attached hydrogens (tertiary/aromatic N) is 2. The van der Waals surface area contributed by atoms with E-state index < -0.39 is 52.1 Å². The molecule has 1 aliphatic carbocycles. The van der Waals surface area contributed by atoms with Crippen LogP contribution in [0.15, 0.2) is 18.2 Å². The van der Waals surface area contributed by atoms with Crippen molar-refractivity contribution in [2.75, 3.05) is 6.54 Å². The Labute approximate surface area is 228 Å². The minimum atomic E-state index is -4.46. The first kappa shape index (κ1) is 31.1. The van der Waals surface area contributed by atoms with Crippen LogP contribution in [0.2, 0.25) is 5.02 Å². The fourth-order valence-corrected chi connectivity index (χ4v) is 5.86. The number of nitrogens with two attached hydrogens (primary N) is 1. The maximum Gasteiger partial charge on any atom is 0.391 e. The van der Waals surface area contributed by atoms with Gasteiger partial charge in [0.15, 0.2) is 5.69 Å². The maximum atomic E-state index is 13.2. The molecule has 1 fully saturated rings. The predicted octanol–water partition coefficient (Wildman–Crippen LogP) is 5.14. The zero-order valence-corrected chi connectivity index (χ0v) is 22.8. The van der Waals surface area contributed by atoms with Crippen LogP contribution in [0, 0.1) is 11.8 Å². The van der Waals surface area contributed by atoms with Gasteiger partial charge in [0.1, 0.15) is 5.75 Å². The number of carbonyl (C=O) groups is 1. The van der Waals surface area contributed by atoms with Crippen LogP contribution in [0.3, 0.4) is 0 Å². The monoisotopic (exact) mass is 600 g/mol. The number of rotatable bonds is 10. The number of primary sulfonamides is 1. The van der Waals surface area contributed by atoms with E-state index in [1.165, 1.54) is 16.8 Å². The molecule has 1 aromatic carbocycles. The first-order chi connectivity index (χ1) is 18.1. The Hall–Kier alpha value is -2.45. The van der Waals surface area contributed by atoms with Gasteiger partial charge in [-0.1, -0.05) is 24.6 Å². The quantitative estimate of drug-likeness (QED) is 0.366. The molecule has 0 bridgehead atoms. The minimum Gasteiger partial charge on any atom is -0.434 e. The van der Waals surface area contributed by atoms with Crippen LogP contribution in [0.25, 0.3) is 11.3 Å². The van der Waals surface area contributed by atoms with Crippen molar-refractivity contribution in [2.45, 2.75) is 70.5 Å². The molecular formula is C24H30ClF5N4O4S. The average molecular weight is 601 g/mol. The molecule has 0 radical (unpaired) electrons. The Morgan fingerprint density at radius 3 is 2.44 bits per heavy atom. The smallest absolute Gasteiger partial charge is 0.391 e. The maximum absolute atomic E-state index is 13.2. The number of aromatic nitrogens is 2. The molecule has 1 aliphatic rings. The fourth-order valence-electron chi connectivity index (χ4n) is 4.61. The molecule has 39 heavy (non-hydrogen) atoms. The molecule has 8 nitrogen and oxygen atoms in total. The van der Waals surface area contributed by atoms with Gasteiger partial charge in [-0.05, 0) is 62.6 Å². The van der Waals surface area contributed by atoms with Gasteiger partial charge in [0, 0.05) is 18.7 Å². The summed E-state index contributed by atoms with van der Waals surface area (Å²) in [6.45, 7) is -0.150. The van der Waals surface area contributed by atoms with Crippen molar-refractivity contribution in [3.05, 3.63) is 34.5 Å². The van der Waals surface area contributed by atoms with Gasteiger partial charge in [0.2, 0.25) is 10.0 Å². The van der Waals surface area contributed by atoms with Gasteiger partial charge in [-0.25, -0.2) is 13.6 Å². The molecule has 3 N–H and O–H groups in total. The number of sulfonamides is 1. The van der Waals surface area contributed by atoms with Crippen molar-refractivity contribution in [1.82, 2.24) is 15.1 Å². The topological polar surface area (TPSA) is 116 Å². The molecule has 1 atom stereocenters. The SMILES string of the molecule is CCn1nc(C(=O)NCC2CCC(S(N)(=O)=O)CC2)c(Cl)c1-c1ccc(C[C@@H](C)C(F)(F)F)cc1OC(F)F. The van der Waals surface area contributed by atoms with E-state index in [2.05, 4.69) is 15.2 Å². The third-order valence-electron chi connectivity index (χ3n) is 6.84. The summed E-state index contributed by atoms with van der Waals surface area (Å²) >= 11 is 6.50. The molecule has 0 spiro atoms. The lowest BCUT2D eigenvalue weighted by Gasteiger charge is -2.27. The lowest BCUT2D eigenvalue weighted by atomic mass is 9.89. The molecule has 1 amide bonds. The number of hydrogen-bond acceptors (Lipinski definition) is 5. The number of aryl methyl sites for hydroxylation is 1. The van der Waals surface area contributed by atoms with Crippen molar-refractivity contribution < 1.29 is 39.9 Å². The number of amides is 1. The molecule has 0 saturated heterocycles. The third kappa shape index (κ3) is 7.82. The fraction of sp³-hybridized carbons (Fsp3) is 0.583. The van der Waals surface area contributed by atoms with E-state index in [0.29, 0.717) is 25.7 Å². The number of alkyl halides is 5. The highest BCUT2D eigenvalue weighted by Gasteiger charge is 2.36. The van der Waals surface area contributed by atoms with Crippen LogP contribution in [0.1, 0.15) is 55.6 Å². The van der Waals surface area contributed by atoms with Gasteiger partial charge < -0.3 is 10.1 Å². The van der Waals surface area contributed by atoms with E-state index in [4.69, 9.17) is 16.7 Å². The van der Waals surface area contributed by atoms with Crippen LogP contribution in [0.4, 0.5) is 22.0 Å². The van der Waals surface area contributed by atoms with Crippen molar-refractivity contribution >= 4 is 27.5 Å². The van der Waals surface area contributed by atoms with Crippen LogP contribution in [-0.4, -0.2) is 48.7 Å². The van der Waals surface area contributed by atoms with Gasteiger partial charge in [-0.2, -0.15) is 27.1 Å². The highest BCUT2D eigenvalue weighted by molar-refractivity contribution is 7.89. The molecule has 218 valence electrons. The zero-order chi connectivity index (χ0) is 29.1. The summed E-state index contributed by atoms with van der Waals surface area (Å²) in [4.78, 5) is 12.9.